The number of amides is 1. The Morgan fingerprint density at radius 2 is 2.13 bits per heavy atom. The van der Waals surface area contributed by atoms with Gasteiger partial charge in [0.2, 0.25) is 0 Å². The van der Waals surface area contributed by atoms with Crippen molar-refractivity contribution in [2.75, 3.05) is 19.7 Å². The molecule has 1 fully saturated rings. The van der Waals surface area contributed by atoms with Gasteiger partial charge in [-0.05, 0) is 24.7 Å². The Morgan fingerprint density at radius 1 is 1.35 bits per heavy atom. The van der Waals surface area contributed by atoms with Crippen LogP contribution in [0.1, 0.15) is 24.3 Å². The van der Waals surface area contributed by atoms with Crippen molar-refractivity contribution in [3.05, 3.63) is 30.4 Å². The standard InChI is InChI=1S/C17H23N3O3/c1-4-23-17(22)15-11(2)5-6-12-7-20(8-13(12)15)16(21)14-9-19(3)10-18-14/h5-6,9-13,15H,4,7-8H2,1-3H3/t11-,12-,13-,15-/m0/s1. The van der Waals surface area contributed by atoms with Gasteiger partial charge in [-0.15, -0.1) is 0 Å². The lowest BCUT2D eigenvalue weighted by Gasteiger charge is -2.31. The highest BCUT2D eigenvalue weighted by molar-refractivity contribution is 5.92. The van der Waals surface area contributed by atoms with E-state index in [1.165, 1.54) is 0 Å². The lowest BCUT2D eigenvalue weighted by Crippen LogP contribution is -2.37. The third-order valence-corrected chi connectivity index (χ3v) is 4.87. The van der Waals surface area contributed by atoms with E-state index >= 15 is 0 Å². The SMILES string of the molecule is CCOC(=O)[C@@H]1[C@H]2CN(C(=O)c3cn(C)cn3)C[C@@H]2C=C[C@@H]1C. The number of aromatic nitrogens is 2. The van der Waals surface area contributed by atoms with Gasteiger partial charge in [-0.2, -0.15) is 0 Å². The van der Waals surface area contributed by atoms with Gasteiger partial charge in [0.15, 0.2) is 0 Å². The van der Waals surface area contributed by atoms with E-state index in [1.54, 1.807) is 17.1 Å². The van der Waals surface area contributed by atoms with Gasteiger partial charge >= 0.3 is 5.97 Å². The zero-order valence-electron chi connectivity index (χ0n) is 13.8. The second-order valence-corrected chi connectivity index (χ2v) is 6.48. The Bertz CT molecular complexity index is 637. The van der Waals surface area contributed by atoms with Crippen molar-refractivity contribution in [2.45, 2.75) is 13.8 Å². The first-order valence-electron chi connectivity index (χ1n) is 8.13. The van der Waals surface area contributed by atoms with Gasteiger partial charge in [0.25, 0.3) is 5.91 Å². The molecule has 2 aliphatic rings. The monoisotopic (exact) mass is 317 g/mol. The average molecular weight is 317 g/mol. The second kappa shape index (κ2) is 6.18. The van der Waals surface area contributed by atoms with E-state index in [1.807, 2.05) is 25.8 Å². The number of rotatable bonds is 3. The summed E-state index contributed by atoms with van der Waals surface area (Å²) in [6.07, 6.45) is 7.58. The van der Waals surface area contributed by atoms with Gasteiger partial charge in [-0.3, -0.25) is 9.59 Å². The number of allylic oxidation sites excluding steroid dienone is 1. The highest BCUT2D eigenvalue weighted by Crippen LogP contribution is 2.40. The van der Waals surface area contributed by atoms with Crippen molar-refractivity contribution in [1.29, 1.82) is 0 Å². The van der Waals surface area contributed by atoms with E-state index in [-0.39, 0.29) is 35.5 Å². The summed E-state index contributed by atoms with van der Waals surface area (Å²) in [5, 5.41) is 0. The number of aryl methyl sites for hydroxylation is 1. The van der Waals surface area contributed by atoms with Gasteiger partial charge in [-0.1, -0.05) is 19.1 Å². The normalized spacial score (nSPS) is 29.4. The summed E-state index contributed by atoms with van der Waals surface area (Å²) >= 11 is 0. The van der Waals surface area contributed by atoms with E-state index in [4.69, 9.17) is 4.74 Å². The lowest BCUT2D eigenvalue weighted by atomic mass is 9.72. The molecule has 1 aliphatic heterocycles. The zero-order chi connectivity index (χ0) is 16.6. The number of likely N-dealkylation sites (tertiary alicyclic amines) is 1. The molecular formula is C17H23N3O3. The predicted octanol–water partition coefficient (Wildman–Crippen LogP) is 1.49. The maximum Gasteiger partial charge on any atom is 0.309 e. The van der Waals surface area contributed by atoms with E-state index in [2.05, 4.69) is 17.1 Å². The van der Waals surface area contributed by atoms with Crippen molar-refractivity contribution in [3.63, 3.8) is 0 Å². The summed E-state index contributed by atoms with van der Waals surface area (Å²) in [7, 11) is 1.84. The Morgan fingerprint density at radius 3 is 2.78 bits per heavy atom. The molecule has 1 saturated heterocycles. The Hall–Kier alpha value is -2.11. The van der Waals surface area contributed by atoms with Crippen LogP contribution in [0.25, 0.3) is 0 Å². The first-order chi connectivity index (χ1) is 11.0. The molecule has 0 aromatic carbocycles. The topological polar surface area (TPSA) is 64.4 Å². The fourth-order valence-corrected chi connectivity index (χ4v) is 3.74. The van der Waals surface area contributed by atoms with Crippen molar-refractivity contribution in [1.82, 2.24) is 14.5 Å². The molecular weight excluding hydrogens is 294 g/mol. The minimum atomic E-state index is -0.175. The minimum absolute atomic E-state index is 0.0661. The van der Waals surface area contributed by atoms with Crippen LogP contribution in [0.15, 0.2) is 24.7 Å². The van der Waals surface area contributed by atoms with Crippen LogP contribution in [0.3, 0.4) is 0 Å². The van der Waals surface area contributed by atoms with Crippen molar-refractivity contribution < 1.29 is 14.3 Å². The molecule has 1 amide bonds. The molecule has 6 nitrogen and oxygen atoms in total. The number of hydrogen-bond acceptors (Lipinski definition) is 4. The fourth-order valence-electron chi connectivity index (χ4n) is 3.74. The lowest BCUT2D eigenvalue weighted by molar-refractivity contribution is -0.152. The van der Waals surface area contributed by atoms with Gasteiger partial charge < -0.3 is 14.2 Å². The van der Waals surface area contributed by atoms with Crippen molar-refractivity contribution >= 4 is 11.9 Å². The minimum Gasteiger partial charge on any atom is -0.466 e. The molecule has 4 atom stereocenters. The summed E-state index contributed by atoms with van der Waals surface area (Å²) in [5.74, 6) is 0.0943. The Labute approximate surface area is 136 Å². The molecule has 0 radical (unpaired) electrons. The summed E-state index contributed by atoms with van der Waals surface area (Å²) in [4.78, 5) is 30.9. The number of carbonyl (C=O) groups is 2. The van der Waals surface area contributed by atoms with Crippen LogP contribution >= 0.6 is 0 Å². The van der Waals surface area contributed by atoms with Crippen LogP contribution < -0.4 is 0 Å². The molecule has 0 saturated carbocycles. The summed E-state index contributed by atoms with van der Waals surface area (Å²) < 4.78 is 7.02. The smallest absolute Gasteiger partial charge is 0.309 e. The number of ether oxygens (including phenoxy) is 1. The maximum atomic E-state index is 12.6. The average Bonchev–Trinajstić information content (AvgIpc) is 3.12. The van der Waals surface area contributed by atoms with Crippen LogP contribution in [-0.4, -0.2) is 46.0 Å². The van der Waals surface area contributed by atoms with E-state index in [0.29, 0.717) is 25.4 Å². The number of imidazole rings is 1. The largest absolute Gasteiger partial charge is 0.466 e. The summed E-state index contributed by atoms with van der Waals surface area (Å²) in [5.41, 5.74) is 0.454. The highest BCUT2D eigenvalue weighted by atomic mass is 16.5. The van der Waals surface area contributed by atoms with Crippen molar-refractivity contribution in [3.8, 4) is 0 Å². The molecule has 0 N–H and O–H groups in total. The van der Waals surface area contributed by atoms with Gasteiger partial charge in [0.05, 0.1) is 18.9 Å². The molecule has 0 unspecified atom stereocenters. The molecule has 0 bridgehead atoms. The third-order valence-electron chi connectivity index (χ3n) is 4.87. The van der Waals surface area contributed by atoms with Crippen LogP contribution in [0.4, 0.5) is 0 Å². The number of esters is 1. The first kappa shape index (κ1) is 15.8. The molecule has 23 heavy (non-hydrogen) atoms. The van der Waals surface area contributed by atoms with Gasteiger partial charge in [-0.25, -0.2) is 4.98 Å². The summed E-state index contributed by atoms with van der Waals surface area (Å²) in [6.45, 7) is 5.47. The van der Waals surface area contributed by atoms with Gasteiger partial charge in [0.1, 0.15) is 5.69 Å². The van der Waals surface area contributed by atoms with E-state index < -0.39 is 0 Å². The Balaban J connectivity index is 1.77. The van der Waals surface area contributed by atoms with E-state index in [0.717, 1.165) is 0 Å². The van der Waals surface area contributed by atoms with E-state index in [9.17, 15) is 9.59 Å². The van der Waals surface area contributed by atoms with Gasteiger partial charge in [0, 0.05) is 26.3 Å². The third kappa shape index (κ3) is 2.90. The predicted molar refractivity (Wildman–Crippen MR) is 84.5 cm³/mol. The molecule has 3 rings (SSSR count). The van der Waals surface area contributed by atoms with Crippen molar-refractivity contribution in [2.24, 2.45) is 30.7 Å². The fraction of sp³-hybridized carbons (Fsp3) is 0.588. The molecule has 1 aromatic heterocycles. The molecule has 6 heteroatoms. The zero-order valence-corrected chi connectivity index (χ0v) is 13.8. The quantitative estimate of drug-likeness (QED) is 0.626. The first-order valence-corrected chi connectivity index (χ1v) is 8.13. The molecule has 1 aromatic rings. The number of hydrogen-bond donors (Lipinski definition) is 0. The second-order valence-electron chi connectivity index (χ2n) is 6.48. The number of carbonyl (C=O) groups excluding carboxylic acids is 2. The highest BCUT2D eigenvalue weighted by Gasteiger charge is 2.46. The molecule has 0 spiro atoms. The van der Waals surface area contributed by atoms with Crippen LogP contribution in [0.5, 0.6) is 0 Å². The maximum absolute atomic E-state index is 12.6. The molecule has 124 valence electrons. The van der Waals surface area contributed by atoms with Crippen LogP contribution in [0, 0.1) is 23.7 Å². The summed E-state index contributed by atoms with van der Waals surface area (Å²) in [6, 6.07) is 0. The Kier molecular flexibility index (Phi) is 4.24. The number of fused-ring (bicyclic) bond motifs is 1. The number of nitrogens with zero attached hydrogens (tertiary/aromatic N) is 3. The molecule has 2 heterocycles. The molecule has 1 aliphatic carbocycles. The van der Waals surface area contributed by atoms with Crippen LogP contribution in [0.2, 0.25) is 0 Å². The van der Waals surface area contributed by atoms with Crippen LogP contribution in [-0.2, 0) is 16.6 Å².